The molecule has 0 atom stereocenters. The van der Waals surface area contributed by atoms with Crippen LogP contribution in [0.15, 0.2) is 54.6 Å². The van der Waals surface area contributed by atoms with Crippen LogP contribution in [0.5, 0.6) is 17.2 Å². The summed E-state index contributed by atoms with van der Waals surface area (Å²) in [6.45, 7) is 3.55. The molecule has 0 saturated carbocycles. The quantitative estimate of drug-likeness (QED) is 0.455. The Bertz CT molecular complexity index is 1200. The molecule has 8 heteroatoms. The Morgan fingerprint density at radius 3 is 2.23 bits per heavy atom. The summed E-state index contributed by atoms with van der Waals surface area (Å²) in [5.41, 5.74) is 4.97. The van der Waals surface area contributed by atoms with Gasteiger partial charge in [-0.15, -0.1) is 0 Å². The SMILES string of the molecule is Cc1cc(OCC(=O)N(C)C)cc(C)c1-c1cccc(COc2ccc(OCC(=O)O)c(F)c2)c1. The summed E-state index contributed by atoms with van der Waals surface area (Å²) >= 11 is 0. The molecule has 35 heavy (non-hydrogen) atoms. The maximum Gasteiger partial charge on any atom is 0.341 e. The van der Waals surface area contributed by atoms with Crippen LogP contribution < -0.4 is 14.2 Å². The highest BCUT2D eigenvalue weighted by Crippen LogP contribution is 2.32. The number of amides is 1. The number of ether oxygens (including phenoxy) is 3. The number of carboxylic acids is 1. The molecule has 0 spiro atoms. The molecule has 0 saturated heterocycles. The number of benzene rings is 3. The van der Waals surface area contributed by atoms with Gasteiger partial charge in [0.05, 0.1) is 0 Å². The van der Waals surface area contributed by atoms with E-state index >= 15 is 0 Å². The monoisotopic (exact) mass is 481 g/mol. The maximum atomic E-state index is 14.1. The molecular weight excluding hydrogens is 453 g/mol. The van der Waals surface area contributed by atoms with E-state index < -0.39 is 18.4 Å². The van der Waals surface area contributed by atoms with Gasteiger partial charge in [-0.2, -0.15) is 0 Å². The lowest BCUT2D eigenvalue weighted by Gasteiger charge is -2.16. The van der Waals surface area contributed by atoms with Gasteiger partial charge in [-0.1, -0.05) is 18.2 Å². The molecule has 3 aromatic rings. The number of likely N-dealkylation sites (N-methyl/N-ethyl adjacent to an activating group) is 1. The third kappa shape index (κ3) is 6.96. The summed E-state index contributed by atoms with van der Waals surface area (Å²) < 4.78 is 30.4. The Labute approximate surface area is 203 Å². The molecule has 0 fully saturated rings. The van der Waals surface area contributed by atoms with Crippen molar-refractivity contribution in [2.75, 3.05) is 27.3 Å². The second-order valence-corrected chi connectivity index (χ2v) is 8.27. The molecule has 1 amide bonds. The normalized spacial score (nSPS) is 10.5. The first-order chi connectivity index (χ1) is 16.6. The molecule has 0 aromatic heterocycles. The second kappa shape index (κ2) is 11.4. The Hall–Kier alpha value is -4.07. The number of carboxylic acid groups (broad SMARTS) is 1. The molecule has 0 aliphatic heterocycles. The fraction of sp³-hybridized carbons (Fsp3) is 0.259. The number of nitrogens with zero attached hydrogens (tertiary/aromatic N) is 1. The van der Waals surface area contributed by atoms with Crippen LogP contribution in [0.4, 0.5) is 4.39 Å². The van der Waals surface area contributed by atoms with Crippen molar-refractivity contribution < 1.29 is 33.3 Å². The molecule has 3 rings (SSSR count). The van der Waals surface area contributed by atoms with Gasteiger partial charge >= 0.3 is 5.97 Å². The van der Waals surface area contributed by atoms with Gasteiger partial charge < -0.3 is 24.2 Å². The third-order valence-electron chi connectivity index (χ3n) is 5.24. The lowest BCUT2D eigenvalue weighted by Crippen LogP contribution is -2.27. The zero-order chi connectivity index (χ0) is 25.5. The summed E-state index contributed by atoms with van der Waals surface area (Å²) in [4.78, 5) is 23.9. The van der Waals surface area contributed by atoms with Crippen molar-refractivity contribution in [1.82, 2.24) is 4.90 Å². The lowest BCUT2D eigenvalue weighted by molar-refractivity contribution is -0.139. The van der Waals surface area contributed by atoms with Crippen LogP contribution in [0.1, 0.15) is 16.7 Å². The van der Waals surface area contributed by atoms with E-state index in [4.69, 9.17) is 19.3 Å². The fourth-order valence-electron chi connectivity index (χ4n) is 3.55. The summed E-state index contributed by atoms with van der Waals surface area (Å²) in [5, 5.41) is 8.65. The van der Waals surface area contributed by atoms with E-state index in [1.54, 1.807) is 14.1 Å². The molecule has 184 valence electrons. The van der Waals surface area contributed by atoms with Gasteiger partial charge in [-0.25, -0.2) is 9.18 Å². The zero-order valence-electron chi connectivity index (χ0n) is 20.1. The van der Waals surface area contributed by atoms with Gasteiger partial charge in [-0.05, 0) is 72.0 Å². The highest BCUT2D eigenvalue weighted by Gasteiger charge is 2.12. The number of rotatable bonds is 10. The average Bonchev–Trinajstić information content (AvgIpc) is 2.80. The van der Waals surface area contributed by atoms with Crippen LogP contribution in [-0.4, -0.2) is 49.2 Å². The molecule has 1 N–H and O–H groups in total. The standard InChI is InChI=1S/C27H28FNO6/c1-17-10-22(34-15-25(30)29(3)4)11-18(2)27(17)20-7-5-6-19(12-20)14-33-21-8-9-24(23(28)13-21)35-16-26(31)32/h5-13H,14-16H2,1-4H3,(H,31,32). The summed E-state index contributed by atoms with van der Waals surface area (Å²) in [6.07, 6.45) is 0. The molecular formula is C27H28FNO6. The summed E-state index contributed by atoms with van der Waals surface area (Å²) in [6, 6.07) is 15.7. The number of hydrogen-bond donors (Lipinski definition) is 1. The Balaban J connectivity index is 1.70. The van der Waals surface area contributed by atoms with E-state index in [1.807, 2.05) is 50.2 Å². The Kier molecular flexibility index (Phi) is 8.30. The lowest BCUT2D eigenvalue weighted by atomic mass is 9.94. The van der Waals surface area contributed by atoms with Crippen molar-refractivity contribution in [3.05, 3.63) is 77.1 Å². The number of aliphatic carboxylic acids is 1. The number of hydrogen-bond acceptors (Lipinski definition) is 5. The van der Waals surface area contributed by atoms with Crippen molar-refractivity contribution in [1.29, 1.82) is 0 Å². The van der Waals surface area contributed by atoms with Crippen molar-refractivity contribution >= 4 is 11.9 Å². The molecule has 0 unspecified atom stereocenters. The molecule has 0 aliphatic rings. The largest absolute Gasteiger partial charge is 0.489 e. The first kappa shape index (κ1) is 25.6. The predicted octanol–water partition coefficient (Wildman–Crippen LogP) is 4.62. The van der Waals surface area contributed by atoms with Gasteiger partial charge in [0.15, 0.2) is 24.8 Å². The molecule has 3 aromatic carbocycles. The van der Waals surface area contributed by atoms with Crippen LogP contribution in [0.25, 0.3) is 11.1 Å². The van der Waals surface area contributed by atoms with Crippen molar-refractivity contribution in [2.45, 2.75) is 20.5 Å². The zero-order valence-corrected chi connectivity index (χ0v) is 20.1. The van der Waals surface area contributed by atoms with Gasteiger partial charge in [0.1, 0.15) is 18.1 Å². The van der Waals surface area contributed by atoms with Gasteiger partial charge in [0.25, 0.3) is 5.91 Å². The Morgan fingerprint density at radius 2 is 1.60 bits per heavy atom. The van der Waals surface area contributed by atoms with E-state index in [9.17, 15) is 14.0 Å². The predicted molar refractivity (Wildman–Crippen MR) is 129 cm³/mol. The minimum Gasteiger partial charge on any atom is -0.489 e. The summed E-state index contributed by atoms with van der Waals surface area (Å²) in [7, 11) is 3.37. The van der Waals surface area contributed by atoms with E-state index in [2.05, 4.69) is 0 Å². The second-order valence-electron chi connectivity index (χ2n) is 8.27. The van der Waals surface area contributed by atoms with Gasteiger partial charge in [0.2, 0.25) is 0 Å². The minimum atomic E-state index is -1.18. The highest BCUT2D eigenvalue weighted by molar-refractivity contribution is 5.77. The van der Waals surface area contributed by atoms with Gasteiger partial charge in [-0.3, -0.25) is 4.79 Å². The first-order valence-electron chi connectivity index (χ1n) is 10.9. The van der Waals surface area contributed by atoms with Gasteiger partial charge in [0, 0.05) is 20.2 Å². The number of halogens is 1. The van der Waals surface area contributed by atoms with Crippen molar-refractivity contribution in [2.24, 2.45) is 0 Å². The Morgan fingerprint density at radius 1 is 0.886 bits per heavy atom. The minimum absolute atomic E-state index is 0.0225. The number of carbonyl (C=O) groups excluding carboxylic acids is 1. The fourth-order valence-corrected chi connectivity index (χ4v) is 3.55. The van der Waals surface area contributed by atoms with Crippen LogP contribution in [0, 0.1) is 19.7 Å². The van der Waals surface area contributed by atoms with Crippen LogP contribution >= 0.6 is 0 Å². The summed E-state index contributed by atoms with van der Waals surface area (Å²) in [5.74, 6) is -1.20. The topological polar surface area (TPSA) is 85.3 Å². The maximum absolute atomic E-state index is 14.1. The van der Waals surface area contributed by atoms with Crippen molar-refractivity contribution in [3.63, 3.8) is 0 Å². The van der Waals surface area contributed by atoms with E-state index in [1.165, 1.54) is 17.0 Å². The molecule has 0 aliphatic carbocycles. The van der Waals surface area contributed by atoms with Crippen LogP contribution in [0.3, 0.4) is 0 Å². The molecule has 0 bridgehead atoms. The molecule has 0 radical (unpaired) electrons. The van der Waals surface area contributed by atoms with E-state index in [0.29, 0.717) is 11.5 Å². The van der Waals surface area contributed by atoms with E-state index in [0.717, 1.165) is 33.9 Å². The van der Waals surface area contributed by atoms with Crippen LogP contribution in [0.2, 0.25) is 0 Å². The average molecular weight is 482 g/mol. The van der Waals surface area contributed by atoms with E-state index in [-0.39, 0.29) is 24.9 Å². The first-order valence-corrected chi connectivity index (χ1v) is 10.9. The molecule has 7 nitrogen and oxygen atoms in total. The number of aryl methyl sites for hydroxylation is 2. The number of carbonyl (C=O) groups is 2. The van der Waals surface area contributed by atoms with Crippen LogP contribution in [-0.2, 0) is 16.2 Å². The van der Waals surface area contributed by atoms with Crippen molar-refractivity contribution in [3.8, 4) is 28.4 Å². The third-order valence-corrected chi connectivity index (χ3v) is 5.24. The highest BCUT2D eigenvalue weighted by atomic mass is 19.1. The molecule has 0 heterocycles. The smallest absolute Gasteiger partial charge is 0.341 e.